The zero-order valence-electron chi connectivity index (χ0n) is 52.6. The van der Waals surface area contributed by atoms with Crippen molar-refractivity contribution in [3.63, 3.8) is 0 Å². The van der Waals surface area contributed by atoms with Crippen molar-refractivity contribution < 1.29 is 77.4 Å². The molecule has 8 aliphatic rings. The van der Waals surface area contributed by atoms with Crippen molar-refractivity contribution in [3.8, 4) is 18.2 Å². The van der Waals surface area contributed by atoms with Gasteiger partial charge in [-0.25, -0.2) is 28.5 Å². The molecule has 0 aromatic carbocycles. The average Bonchev–Trinajstić information content (AvgIpc) is 1.57. The highest BCUT2D eigenvalue weighted by molar-refractivity contribution is 5.73. The monoisotopic (exact) mass is 1300 g/mol. The second-order valence-electron chi connectivity index (χ2n) is 25.8. The van der Waals surface area contributed by atoms with Gasteiger partial charge in [0.15, 0.2) is 29.0 Å². The number of hydrogen-bond donors (Lipinski definition) is 7. The molecule has 3 saturated carbocycles. The molecular formula is C63H79N15O16. The third-order valence-electron chi connectivity index (χ3n) is 18.8. The second-order valence-corrected chi connectivity index (χ2v) is 25.8. The van der Waals surface area contributed by atoms with E-state index < -0.39 is 89.3 Å². The number of carboxylic acids is 1. The van der Waals surface area contributed by atoms with Crippen molar-refractivity contribution in [1.82, 2.24) is 43.8 Å². The van der Waals surface area contributed by atoms with Crippen LogP contribution in [0.4, 0.5) is 17.5 Å². The molecule has 502 valence electrons. The summed E-state index contributed by atoms with van der Waals surface area (Å²) in [4.78, 5) is 47.1. The maximum atomic E-state index is 12.6. The molecule has 5 aliphatic heterocycles. The molecule has 0 amide bonds. The van der Waals surface area contributed by atoms with E-state index in [0.717, 1.165) is 89.9 Å². The van der Waals surface area contributed by atoms with Gasteiger partial charge in [0.25, 0.3) is 0 Å². The van der Waals surface area contributed by atoms with Crippen LogP contribution in [0.25, 0.3) is 16.6 Å². The van der Waals surface area contributed by atoms with Crippen LogP contribution in [0.3, 0.4) is 0 Å². The molecule has 0 radical (unpaired) electrons. The summed E-state index contributed by atoms with van der Waals surface area (Å²) in [6.07, 6.45) is 10.7. The molecule has 94 heavy (non-hydrogen) atoms. The molecule has 31 heteroatoms. The van der Waals surface area contributed by atoms with Gasteiger partial charge < -0.3 is 80.3 Å². The smallest absolute Gasteiger partial charge is 0.309 e. The van der Waals surface area contributed by atoms with Gasteiger partial charge in [0, 0.05) is 0 Å². The standard InChI is InChI=1S/C22H27N5O5.C19H23N5O5.C15H17N5O4.C7H12O2/c1-21(2)31-17-15(10-29-20(28)13-6-4-3-5-7-13)30-22(11-23,18(17)32-21)16-9-8-14-19(24)25-12-26-27(14)16;20-9-19(14-7-6-12-17(21)22-10-23-24(12)14)16(26)15(25)13(29-19)8-28-18(27)11-4-2-1-3-5-11;1-14(2)23-11-9(5-21)22-15(6-16,12(11)24-14)10-4-3-8-13(17)18-7-19-20(8)10;8-7(9)6-4-2-1-3-5-6/h8-9,12-13,15,17-18H,3-7,10H2,1-2H3,(H2,24,25,26);6-7,10-11,13,15-16,25-26H,1-5,8H2,(H2,21,22,23);3-4,7,9,11-12,21H,5H2,1-2H3,(H2,17,18,19);6H,1-5H2,(H,8,9)/t15-,17-,18-,22+;13-,15-,16-,19+;9-,11-,12-,15+;/m111./s1. The highest BCUT2D eigenvalue weighted by Crippen LogP contribution is 2.51. The number of aromatic nitrogens is 9. The van der Waals surface area contributed by atoms with Crippen LogP contribution < -0.4 is 17.2 Å². The first-order chi connectivity index (χ1) is 45.0. The summed E-state index contributed by atoms with van der Waals surface area (Å²) in [5.74, 6) is -2.43. The second kappa shape index (κ2) is 27.2. The summed E-state index contributed by atoms with van der Waals surface area (Å²) in [5, 5.41) is 82.0. The van der Waals surface area contributed by atoms with Gasteiger partial charge in [-0.15, -0.1) is 0 Å². The Bertz CT molecular complexity index is 3860. The number of carboxylic acid groups (broad SMARTS) is 1. The Morgan fingerprint density at radius 1 is 0.521 bits per heavy atom. The Balaban J connectivity index is 0.000000136. The van der Waals surface area contributed by atoms with E-state index in [1.165, 1.54) is 45.0 Å². The molecule has 0 spiro atoms. The van der Waals surface area contributed by atoms with Gasteiger partial charge in [-0.1, -0.05) is 57.8 Å². The minimum Gasteiger partial charge on any atom is -0.481 e. The quantitative estimate of drug-likeness (QED) is 0.0903. The molecule has 31 nitrogen and oxygen atoms in total. The van der Waals surface area contributed by atoms with Crippen LogP contribution >= 0.6 is 0 Å². The Labute approximate surface area is 539 Å². The van der Waals surface area contributed by atoms with Crippen molar-refractivity contribution >= 4 is 51.9 Å². The number of hydrogen-bond acceptors (Lipinski definition) is 27. The number of nitrogens with two attached hydrogens (primary N) is 3. The Hall–Kier alpha value is -8.26. The van der Waals surface area contributed by atoms with Gasteiger partial charge in [0.2, 0.25) is 16.8 Å². The zero-order valence-corrected chi connectivity index (χ0v) is 52.6. The van der Waals surface area contributed by atoms with E-state index in [4.69, 9.17) is 64.9 Å². The summed E-state index contributed by atoms with van der Waals surface area (Å²) >= 11 is 0. The van der Waals surface area contributed by atoms with Crippen molar-refractivity contribution in [2.24, 2.45) is 17.8 Å². The molecule has 5 saturated heterocycles. The minimum absolute atomic E-state index is 0.0141. The van der Waals surface area contributed by atoms with Gasteiger partial charge in [-0.05, 0) is 103 Å². The fourth-order valence-electron chi connectivity index (χ4n) is 14.1. The van der Waals surface area contributed by atoms with Crippen LogP contribution in [-0.2, 0) is 73.8 Å². The predicted octanol–water partition coefficient (Wildman–Crippen LogP) is 3.94. The minimum atomic E-state index is -1.89. The molecule has 8 fully saturated rings. The van der Waals surface area contributed by atoms with Crippen molar-refractivity contribution in [2.45, 2.75) is 207 Å². The number of nitrogens with zero attached hydrogens (tertiary/aromatic N) is 12. The van der Waals surface area contributed by atoms with E-state index in [-0.39, 0.29) is 66.8 Å². The highest BCUT2D eigenvalue weighted by Gasteiger charge is 2.67. The number of nitrogen functional groups attached to an aromatic ring is 3. The lowest BCUT2D eigenvalue weighted by atomic mass is 9.89. The van der Waals surface area contributed by atoms with Crippen molar-refractivity contribution in [3.05, 3.63) is 72.5 Å². The van der Waals surface area contributed by atoms with Crippen molar-refractivity contribution in [2.75, 3.05) is 37.0 Å². The lowest BCUT2D eigenvalue weighted by Gasteiger charge is -2.29. The van der Waals surface area contributed by atoms with E-state index >= 15 is 0 Å². The zero-order chi connectivity index (χ0) is 66.9. The Morgan fingerprint density at radius 2 is 0.872 bits per heavy atom. The first-order valence-corrected chi connectivity index (χ1v) is 31.8. The summed E-state index contributed by atoms with van der Waals surface area (Å²) in [6.45, 7) is 6.54. The van der Waals surface area contributed by atoms with Gasteiger partial charge in [-0.2, -0.15) is 31.1 Å². The van der Waals surface area contributed by atoms with Crippen LogP contribution in [-0.4, -0.2) is 168 Å². The highest BCUT2D eigenvalue weighted by atomic mass is 16.8. The third-order valence-corrected chi connectivity index (χ3v) is 18.8. The van der Waals surface area contributed by atoms with Gasteiger partial charge >= 0.3 is 17.9 Å². The molecule has 6 aromatic rings. The number of aliphatic hydroxyl groups excluding tert-OH is 3. The SMILES string of the molecule is CC1(C)O[C@H]2[C@@H](O1)[C@](C#N)(c1ccc3c(N)ncnn13)O[C@@H]2CO.CC1(C)O[C@H]2[C@@H](O1)[C@](C#N)(c1ccc3c(N)ncnn13)O[C@@H]2COC(=O)C1CCCCC1.N#C[C@@]1(c2ccc3c(N)ncnn23)O[C@H](COC(=O)C2CCCCC2)[C@@H](O)[C@H]1O.O=C(O)C1CCCCC1. The number of aliphatic carboxylic acids is 1. The van der Waals surface area contributed by atoms with Crippen LogP contribution in [0.2, 0.25) is 0 Å². The predicted molar refractivity (Wildman–Crippen MR) is 325 cm³/mol. The first kappa shape index (κ1) is 67.2. The van der Waals surface area contributed by atoms with E-state index in [9.17, 15) is 45.5 Å². The number of carbonyl (C=O) groups is 3. The molecule has 10 N–H and O–H groups in total. The number of nitriles is 3. The normalized spacial score (nSPS) is 31.1. The largest absolute Gasteiger partial charge is 0.481 e. The summed E-state index contributed by atoms with van der Waals surface area (Å²) in [7, 11) is 0. The maximum absolute atomic E-state index is 12.6. The average molecular weight is 1300 g/mol. The number of esters is 2. The van der Waals surface area contributed by atoms with E-state index in [2.05, 4.69) is 42.4 Å². The topological polar surface area (TPSA) is 455 Å². The summed E-state index contributed by atoms with van der Waals surface area (Å²) in [5.41, 5.74) is 15.5. The lowest BCUT2D eigenvalue weighted by Crippen LogP contribution is -2.41. The number of ether oxygens (including phenoxy) is 9. The van der Waals surface area contributed by atoms with Crippen LogP contribution in [0.1, 0.15) is 141 Å². The van der Waals surface area contributed by atoms with Crippen LogP contribution in [0.5, 0.6) is 0 Å². The van der Waals surface area contributed by atoms with Crippen molar-refractivity contribution in [1.29, 1.82) is 15.8 Å². The number of rotatable bonds is 11. The number of carbonyl (C=O) groups excluding carboxylic acids is 2. The first-order valence-electron chi connectivity index (χ1n) is 31.8. The van der Waals surface area contributed by atoms with E-state index in [1.54, 1.807) is 58.0 Å². The lowest BCUT2D eigenvalue weighted by molar-refractivity contribution is -0.207. The molecule has 0 bridgehead atoms. The molecule has 11 heterocycles. The maximum Gasteiger partial charge on any atom is 0.309 e. The number of aliphatic hydroxyl groups is 3. The fourth-order valence-corrected chi connectivity index (χ4v) is 14.1. The van der Waals surface area contributed by atoms with Crippen LogP contribution in [0, 0.1) is 51.7 Å². The Morgan fingerprint density at radius 3 is 1.24 bits per heavy atom. The molecule has 6 aromatic heterocycles. The molecule has 14 rings (SSSR count). The van der Waals surface area contributed by atoms with E-state index in [0.29, 0.717) is 33.8 Å². The van der Waals surface area contributed by atoms with E-state index in [1.807, 2.05) is 6.07 Å². The van der Waals surface area contributed by atoms with Gasteiger partial charge in [0.05, 0.1) is 41.4 Å². The number of anilines is 3. The number of fused-ring (bicyclic) bond motifs is 5. The fraction of sp³-hybridized carbons (Fsp3) is 0.619. The summed E-state index contributed by atoms with van der Waals surface area (Å²) in [6, 6.07) is 16.5. The molecule has 12 atom stereocenters. The van der Waals surface area contributed by atoms with Gasteiger partial charge in [0.1, 0.15) is 122 Å². The van der Waals surface area contributed by atoms with Crippen LogP contribution in [0.15, 0.2) is 55.4 Å². The third kappa shape index (κ3) is 12.7. The summed E-state index contributed by atoms with van der Waals surface area (Å²) < 4.78 is 57.4. The Kier molecular flexibility index (Phi) is 19.5. The molecule has 3 aliphatic carbocycles. The molecule has 0 unspecified atom stereocenters. The van der Waals surface area contributed by atoms with Gasteiger partial charge in [-0.3, -0.25) is 14.4 Å². The molecular weight excluding hydrogens is 1220 g/mol.